The first kappa shape index (κ1) is 17.3. The van der Waals surface area contributed by atoms with Crippen molar-refractivity contribution in [1.82, 2.24) is 0 Å². The van der Waals surface area contributed by atoms with E-state index in [1.807, 2.05) is 18.2 Å². The summed E-state index contributed by atoms with van der Waals surface area (Å²) >= 11 is 0. The predicted octanol–water partition coefficient (Wildman–Crippen LogP) is 6.92. The van der Waals surface area contributed by atoms with Crippen LogP contribution in [0.5, 0.6) is 0 Å². The van der Waals surface area contributed by atoms with Crippen LogP contribution < -0.4 is 0 Å². The summed E-state index contributed by atoms with van der Waals surface area (Å²) in [5, 5.41) is 0. The minimum atomic E-state index is 1.04. The first-order valence-electron chi connectivity index (χ1n) is 8.80. The van der Waals surface area contributed by atoms with E-state index in [0.29, 0.717) is 0 Å². The Morgan fingerprint density at radius 1 is 0.650 bits per heavy atom. The largest absolute Gasteiger partial charge is 0.0625 e. The van der Waals surface area contributed by atoms with E-state index in [9.17, 15) is 0 Å². The van der Waals surface area contributed by atoms with E-state index in [-0.39, 0.29) is 0 Å². The van der Waals surface area contributed by atoms with Gasteiger partial charge in [-0.2, -0.15) is 0 Å². The summed E-state index contributed by atoms with van der Waals surface area (Å²) in [4.78, 5) is 0. The van der Waals surface area contributed by atoms with Crippen molar-refractivity contribution in [2.24, 2.45) is 5.92 Å². The van der Waals surface area contributed by atoms with Gasteiger partial charge in [-0.05, 0) is 12.8 Å². The van der Waals surface area contributed by atoms with Crippen LogP contribution >= 0.6 is 0 Å². The van der Waals surface area contributed by atoms with E-state index in [1.165, 1.54) is 76.2 Å². The molecule has 2 aliphatic rings. The van der Waals surface area contributed by atoms with E-state index in [0.717, 1.165) is 5.92 Å². The van der Waals surface area contributed by atoms with Gasteiger partial charge in [0.2, 0.25) is 0 Å². The van der Waals surface area contributed by atoms with Crippen molar-refractivity contribution in [3.8, 4) is 0 Å². The summed E-state index contributed by atoms with van der Waals surface area (Å²) in [5.41, 5.74) is 1.32. The molecule has 0 heteroatoms. The molecule has 0 atom stereocenters. The maximum absolute atomic E-state index is 2.36. The monoisotopic (exact) mass is 274 g/mol. The summed E-state index contributed by atoms with van der Waals surface area (Å²) < 4.78 is 0. The van der Waals surface area contributed by atoms with Crippen molar-refractivity contribution >= 4 is 0 Å². The molecule has 2 fully saturated rings. The summed E-state index contributed by atoms with van der Waals surface area (Å²) in [6, 6.07) is 10.3. The van der Waals surface area contributed by atoms with Crippen LogP contribution in [0.25, 0.3) is 0 Å². The number of rotatable bonds is 0. The second-order valence-electron chi connectivity index (χ2n) is 6.52. The zero-order valence-electron chi connectivity index (χ0n) is 13.7. The lowest BCUT2D eigenvalue weighted by Gasteiger charge is -2.15. The van der Waals surface area contributed by atoms with Crippen molar-refractivity contribution < 1.29 is 0 Å². The Bertz CT molecular complexity index is 280. The Kier molecular flexibility index (Phi) is 10.4. The van der Waals surface area contributed by atoms with Crippen LogP contribution in [-0.4, -0.2) is 0 Å². The minimum absolute atomic E-state index is 1.04. The van der Waals surface area contributed by atoms with Crippen molar-refractivity contribution in [2.45, 2.75) is 84.5 Å². The maximum Gasteiger partial charge on any atom is -0.0398 e. The third-order valence-electron chi connectivity index (χ3n) is 4.33. The highest BCUT2D eigenvalue weighted by atomic mass is 14.1. The fourth-order valence-electron chi connectivity index (χ4n) is 2.90. The molecule has 0 saturated heterocycles. The lowest BCUT2D eigenvalue weighted by atomic mass is 9.91. The van der Waals surface area contributed by atoms with Gasteiger partial charge in [-0.25, -0.2) is 0 Å². The molecule has 0 heterocycles. The Morgan fingerprint density at radius 2 is 1.05 bits per heavy atom. The molecule has 114 valence electrons. The van der Waals surface area contributed by atoms with Crippen molar-refractivity contribution in [3.05, 3.63) is 35.9 Å². The minimum Gasteiger partial charge on any atom is -0.0625 e. The summed E-state index contributed by atoms with van der Waals surface area (Å²) in [5.74, 6) is 1.04. The zero-order chi connectivity index (χ0) is 14.5. The van der Waals surface area contributed by atoms with Gasteiger partial charge in [0.1, 0.15) is 0 Å². The standard InChI is InChI=1S/C7H14.C7H8.C6H12/c2*1-7-5-3-2-4-6-7;1-2-4-6-5-3-1/h7H,2-6H2,1H3;2-6H,1H3;1-6H2. The fraction of sp³-hybridized carbons (Fsp3) is 0.700. The molecular weight excluding hydrogens is 240 g/mol. The zero-order valence-corrected chi connectivity index (χ0v) is 13.7. The van der Waals surface area contributed by atoms with Gasteiger partial charge in [-0.3, -0.25) is 0 Å². The highest BCUT2D eigenvalue weighted by Gasteiger charge is 2.05. The number of hydrogen-bond donors (Lipinski definition) is 0. The second kappa shape index (κ2) is 12.0. The fourth-order valence-corrected chi connectivity index (χ4v) is 2.90. The molecule has 0 bridgehead atoms. The third kappa shape index (κ3) is 10.1. The van der Waals surface area contributed by atoms with Crippen LogP contribution in [0, 0.1) is 12.8 Å². The first-order chi connectivity index (χ1) is 9.79. The normalized spacial score (nSPS) is 19.1. The van der Waals surface area contributed by atoms with Crippen molar-refractivity contribution in [2.75, 3.05) is 0 Å². The van der Waals surface area contributed by atoms with E-state index in [1.54, 1.807) is 0 Å². The summed E-state index contributed by atoms with van der Waals surface area (Å²) in [6.45, 7) is 4.44. The molecule has 0 spiro atoms. The summed E-state index contributed by atoms with van der Waals surface area (Å²) in [7, 11) is 0. The lowest BCUT2D eigenvalue weighted by Crippen LogP contribution is -1.99. The van der Waals surface area contributed by atoms with Gasteiger partial charge in [-0.15, -0.1) is 0 Å². The van der Waals surface area contributed by atoms with Crippen LogP contribution in [-0.2, 0) is 0 Å². The highest BCUT2D eigenvalue weighted by molar-refractivity contribution is 5.11. The molecule has 2 aliphatic carbocycles. The Balaban J connectivity index is 0.000000151. The first-order valence-corrected chi connectivity index (χ1v) is 8.80. The molecule has 0 unspecified atom stereocenters. The van der Waals surface area contributed by atoms with E-state index in [4.69, 9.17) is 0 Å². The van der Waals surface area contributed by atoms with Crippen LogP contribution in [0.2, 0.25) is 0 Å². The van der Waals surface area contributed by atoms with Crippen LogP contribution in [0.4, 0.5) is 0 Å². The molecule has 0 aromatic heterocycles. The molecule has 0 amide bonds. The maximum atomic E-state index is 2.36. The van der Waals surface area contributed by atoms with Gasteiger partial charge in [0.05, 0.1) is 0 Å². The van der Waals surface area contributed by atoms with Gasteiger partial charge < -0.3 is 0 Å². The average molecular weight is 274 g/mol. The number of aryl methyl sites for hydroxylation is 1. The van der Waals surface area contributed by atoms with Crippen LogP contribution in [0.1, 0.15) is 83.1 Å². The molecule has 0 aliphatic heterocycles. The highest BCUT2D eigenvalue weighted by Crippen LogP contribution is 2.22. The number of benzene rings is 1. The van der Waals surface area contributed by atoms with Gasteiger partial charge in [0.15, 0.2) is 0 Å². The molecule has 1 aromatic rings. The molecule has 0 radical (unpaired) electrons. The molecule has 0 N–H and O–H groups in total. The van der Waals surface area contributed by atoms with Gasteiger partial charge in [-0.1, -0.05) is 113 Å². The Morgan fingerprint density at radius 3 is 1.30 bits per heavy atom. The van der Waals surface area contributed by atoms with Gasteiger partial charge >= 0.3 is 0 Å². The quantitative estimate of drug-likeness (QED) is 0.481. The van der Waals surface area contributed by atoms with E-state index >= 15 is 0 Å². The van der Waals surface area contributed by atoms with Crippen LogP contribution in [0.15, 0.2) is 30.3 Å². The molecule has 1 aromatic carbocycles. The van der Waals surface area contributed by atoms with Crippen molar-refractivity contribution in [3.63, 3.8) is 0 Å². The molecule has 3 rings (SSSR count). The SMILES string of the molecule is C1CCCCC1.CC1CCCCC1.Cc1ccccc1. The molecule has 0 nitrogen and oxygen atoms in total. The Labute approximate surface area is 127 Å². The third-order valence-corrected chi connectivity index (χ3v) is 4.33. The van der Waals surface area contributed by atoms with Gasteiger partial charge in [0, 0.05) is 0 Å². The Hall–Kier alpha value is -0.780. The smallest absolute Gasteiger partial charge is 0.0398 e. The predicted molar refractivity (Wildman–Crippen MR) is 91.1 cm³/mol. The van der Waals surface area contributed by atoms with Gasteiger partial charge in [0.25, 0.3) is 0 Å². The summed E-state index contributed by atoms with van der Waals surface area (Å²) in [6.07, 6.45) is 16.4. The molecular formula is C20H34. The van der Waals surface area contributed by atoms with E-state index < -0.39 is 0 Å². The average Bonchev–Trinajstić information content (AvgIpc) is 2.52. The second-order valence-corrected chi connectivity index (χ2v) is 6.52. The molecule has 2 saturated carbocycles. The lowest BCUT2D eigenvalue weighted by molar-refractivity contribution is 0.385. The topological polar surface area (TPSA) is 0 Å². The van der Waals surface area contributed by atoms with Crippen LogP contribution in [0.3, 0.4) is 0 Å². The number of hydrogen-bond acceptors (Lipinski definition) is 0. The molecule has 20 heavy (non-hydrogen) atoms. The van der Waals surface area contributed by atoms with E-state index in [2.05, 4.69) is 26.0 Å². The van der Waals surface area contributed by atoms with Crippen molar-refractivity contribution in [1.29, 1.82) is 0 Å².